The van der Waals surface area contributed by atoms with Crippen LogP contribution in [0.2, 0.25) is 0 Å². The van der Waals surface area contributed by atoms with E-state index >= 15 is 0 Å². The molecule has 0 saturated carbocycles. The minimum atomic E-state index is -0.288. The summed E-state index contributed by atoms with van der Waals surface area (Å²) in [5, 5.41) is 8.26. The zero-order chi connectivity index (χ0) is 5.82. The van der Waals surface area contributed by atoms with E-state index in [-0.39, 0.29) is 6.10 Å². The highest BCUT2D eigenvalue weighted by molar-refractivity contribution is 5.04. The van der Waals surface area contributed by atoms with Gasteiger partial charge >= 0.3 is 0 Å². The first-order valence-corrected chi connectivity index (χ1v) is 2.61. The maximum absolute atomic E-state index is 8.26. The van der Waals surface area contributed by atoms with Crippen molar-refractivity contribution in [2.75, 3.05) is 6.61 Å². The number of nitrogens with zero attached hydrogens (tertiary/aromatic N) is 1. The van der Waals surface area contributed by atoms with Crippen molar-refractivity contribution in [2.45, 2.75) is 12.5 Å². The van der Waals surface area contributed by atoms with E-state index in [1.54, 1.807) is 6.08 Å². The average molecular weight is 109 g/mol. The van der Waals surface area contributed by atoms with Gasteiger partial charge in [0.25, 0.3) is 0 Å². The van der Waals surface area contributed by atoms with Crippen molar-refractivity contribution in [1.29, 1.82) is 5.26 Å². The molecule has 1 unspecified atom stereocenters. The number of ether oxygens (including phenoxy) is 1. The first kappa shape index (κ1) is 5.33. The molecule has 1 atom stereocenters. The van der Waals surface area contributed by atoms with Gasteiger partial charge in [0.1, 0.15) is 0 Å². The number of nitriles is 1. The van der Waals surface area contributed by atoms with E-state index in [2.05, 4.69) is 0 Å². The van der Waals surface area contributed by atoms with Crippen LogP contribution in [0.1, 0.15) is 6.42 Å². The van der Waals surface area contributed by atoms with Gasteiger partial charge in [-0.3, -0.25) is 0 Å². The van der Waals surface area contributed by atoms with Crippen LogP contribution in [0, 0.1) is 11.3 Å². The molecule has 0 spiro atoms. The van der Waals surface area contributed by atoms with Crippen LogP contribution in [0.3, 0.4) is 0 Å². The lowest BCUT2D eigenvalue weighted by molar-refractivity contribution is 0.115. The second kappa shape index (κ2) is 2.49. The van der Waals surface area contributed by atoms with Gasteiger partial charge in [-0.15, -0.1) is 0 Å². The van der Waals surface area contributed by atoms with Crippen molar-refractivity contribution < 1.29 is 4.74 Å². The third kappa shape index (κ3) is 1.08. The SMILES string of the molecule is N#CC1C=CCCO1. The molecule has 0 saturated heterocycles. The molecule has 1 rings (SSSR count). The maximum atomic E-state index is 8.26. The zero-order valence-electron chi connectivity index (χ0n) is 4.50. The summed E-state index contributed by atoms with van der Waals surface area (Å²) in [7, 11) is 0. The molecular formula is C6H7NO. The largest absolute Gasteiger partial charge is 0.359 e. The van der Waals surface area contributed by atoms with Crippen molar-refractivity contribution in [2.24, 2.45) is 0 Å². The van der Waals surface area contributed by atoms with Crippen LogP contribution in [0.25, 0.3) is 0 Å². The van der Waals surface area contributed by atoms with Crippen molar-refractivity contribution >= 4 is 0 Å². The van der Waals surface area contributed by atoms with Crippen molar-refractivity contribution in [1.82, 2.24) is 0 Å². The van der Waals surface area contributed by atoms with Gasteiger partial charge < -0.3 is 4.74 Å². The van der Waals surface area contributed by atoms with E-state index in [0.717, 1.165) is 6.42 Å². The Morgan fingerprint density at radius 3 is 3.00 bits per heavy atom. The van der Waals surface area contributed by atoms with Gasteiger partial charge in [0.15, 0.2) is 6.10 Å². The standard InChI is InChI=1S/C6H7NO/c7-5-6-3-1-2-4-8-6/h1,3,6H,2,4H2. The van der Waals surface area contributed by atoms with Crippen LogP contribution in [0.4, 0.5) is 0 Å². The fourth-order valence-electron chi connectivity index (χ4n) is 0.619. The van der Waals surface area contributed by atoms with Gasteiger partial charge in [0.2, 0.25) is 0 Å². The maximum Gasteiger partial charge on any atom is 0.162 e. The fraction of sp³-hybridized carbons (Fsp3) is 0.500. The fourth-order valence-corrected chi connectivity index (χ4v) is 0.619. The molecule has 1 aliphatic heterocycles. The molecule has 2 heteroatoms. The average Bonchev–Trinajstić information content (AvgIpc) is 1.90. The third-order valence-corrected chi connectivity index (χ3v) is 1.02. The Labute approximate surface area is 48.4 Å². The van der Waals surface area contributed by atoms with E-state index in [1.807, 2.05) is 12.1 Å². The summed E-state index contributed by atoms with van der Waals surface area (Å²) in [6.45, 7) is 0.689. The second-order valence-corrected chi connectivity index (χ2v) is 1.64. The molecule has 0 aromatic carbocycles. The monoisotopic (exact) mass is 109 g/mol. The molecule has 0 aromatic heterocycles. The lowest BCUT2D eigenvalue weighted by Crippen LogP contribution is -2.11. The smallest absolute Gasteiger partial charge is 0.162 e. The summed E-state index contributed by atoms with van der Waals surface area (Å²) in [6, 6.07) is 1.99. The van der Waals surface area contributed by atoms with Crippen molar-refractivity contribution in [3.63, 3.8) is 0 Å². The number of hydrogen-bond acceptors (Lipinski definition) is 2. The molecule has 2 nitrogen and oxygen atoms in total. The van der Waals surface area contributed by atoms with Gasteiger partial charge in [-0.25, -0.2) is 0 Å². The minimum Gasteiger partial charge on any atom is -0.359 e. The van der Waals surface area contributed by atoms with Gasteiger partial charge in [-0.05, 0) is 12.5 Å². The quantitative estimate of drug-likeness (QED) is 0.432. The van der Waals surface area contributed by atoms with E-state index in [9.17, 15) is 0 Å². The molecule has 0 amide bonds. The molecule has 42 valence electrons. The molecule has 0 aliphatic carbocycles. The van der Waals surface area contributed by atoms with E-state index in [0.29, 0.717) is 6.61 Å². The first-order chi connectivity index (χ1) is 3.93. The van der Waals surface area contributed by atoms with Gasteiger partial charge in [-0.2, -0.15) is 5.26 Å². The molecule has 0 aromatic rings. The lowest BCUT2D eigenvalue weighted by Gasteiger charge is -2.08. The second-order valence-electron chi connectivity index (χ2n) is 1.64. The summed E-state index contributed by atoms with van der Waals surface area (Å²) in [4.78, 5) is 0. The van der Waals surface area contributed by atoms with Gasteiger partial charge in [0, 0.05) is 0 Å². The molecule has 0 radical (unpaired) electrons. The Morgan fingerprint density at radius 2 is 2.62 bits per heavy atom. The van der Waals surface area contributed by atoms with Gasteiger partial charge in [-0.1, -0.05) is 6.08 Å². The molecule has 0 N–H and O–H groups in total. The highest BCUT2D eigenvalue weighted by atomic mass is 16.5. The predicted molar refractivity (Wildman–Crippen MR) is 29.1 cm³/mol. The predicted octanol–water partition coefficient (Wildman–Crippen LogP) is 0.855. The number of rotatable bonds is 0. The van der Waals surface area contributed by atoms with Crippen molar-refractivity contribution in [3.8, 4) is 6.07 Å². The Kier molecular flexibility index (Phi) is 1.66. The van der Waals surface area contributed by atoms with Crippen LogP contribution in [-0.4, -0.2) is 12.7 Å². The third-order valence-electron chi connectivity index (χ3n) is 1.02. The Bertz CT molecular complexity index is 134. The molecule has 8 heavy (non-hydrogen) atoms. The topological polar surface area (TPSA) is 33.0 Å². The Morgan fingerprint density at radius 1 is 1.75 bits per heavy atom. The Hall–Kier alpha value is -0.810. The Balaban J connectivity index is 2.46. The molecule has 1 heterocycles. The first-order valence-electron chi connectivity index (χ1n) is 2.61. The summed E-state index contributed by atoms with van der Waals surface area (Å²) in [5.41, 5.74) is 0. The van der Waals surface area contributed by atoms with Crippen LogP contribution in [0.15, 0.2) is 12.2 Å². The van der Waals surface area contributed by atoms with Crippen LogP contribution in [-0.2, 0) is 4.74 Å². The highest BCUT2D eigenvalue weighted by Crippen LogP contribution is 2.01. The summed E-state index contributed by atoms with van der Waals surface area (Å²) in [6.07, 6.45) is 4.41. The van der Waals surface area contributed by atoms with Crippen LogP contribution >= 0.6 is 0 Å². The summed E-state index contributed by atoms with van der Waals surface area (Å²) < 4.78 is 4.98. The molecular weight excluding hydrogens is 102 g/mol. The van der Waals surface area contributed by atoms with E-state index in [4.69, 9.17) is 10.00 Å². The summed E-state index contributed by atoms with van der Waals surface area (Å²) in [5.74, 6) is 0. The normalized spacial score (nSPS) is 27.1. The lowest BCUT2D eigenvalue weighted by atomic mass is 10.2. The summed E-state index contributed by atoms with van der Waals surface area (Å²) >= 11 is 0. The molecule has 0 bridgehead atoms. The van der Waals surface area contributed by atoms with Gasteiger partial charge in [0.05, 0.1) is 12.7 Å². The van der Waals surface area contributed by atoms with E-state index in [1.165, 1.54) is 0 Å². The van der Waals surface area contributed by atoms with Crippen LogP contribution < -0.4 is 0 Å². The molecule has 0 fully saturated rings. The van der Waals surface area contributed by atoms with Crippen molar-refractivity contribution in [3.05, 3.63) is 12.2 Å². The minimum absolute atomic E-state index is 0.288. The van der Waals surface area contributed by atoms with E-state index < -0.39 is 0 Å². The molecule has 1 aliphatic rings. The highest BCUT2D eigenvalue weighted by Gasteiger charge is 2.03. The zero-order valence-corrected chi connectivity index (χ0v) is 4.50. The van der Waals surface area contributed by atoms with Crippen LogP contribution in [0.5, 0.6) is 0 Å². The number of hydrogen-bond donors (Lipinski definition) is 0.